The van der Waals surface area contributed by atoms with E-state index in [1.165, 1.54) is 12.5 Å². The van der Waals surface area contributed by atoms with Crippen molar-refractivity contribution in [2.75, 3.05) is 26.2 Å². The molecule has 29 heavy (non-hydrogen) atoms. The molecule has 0 atom stereocenters. The molecule has 2 saturated heterocycles. The molecule has 10 nitrogen and oxygen atoms in total. The number of nitro groups is 1. The average molecular weight is 416 g/mol. The summed E-state index contributed by atoms with van der Waals surface area (Å²) in [6.07, 6.45) is 1.32. The summed E-state index contributed by atoms with van der Waals surface area (Å²) in [6, 6.07) is 9.46. The second kappa shape index (κ2) is 6.93. The van der Waals surface area contributed by atoms with Crippen LogP contribution in [0.2, 0.25) is 0 Å². The molecular formula is C18H17N4O6P. The van der Waals surface area contributed by atoms with E-state index in [1.54, 1.807) is 30.3 Å². The van der Waals surface area contributed by atoms with E-state index >= 15 is 0 Å². The van der Waals surface area contributed by atoms with Crippen molar-refractivity contribution in [3.63, 3.8) is 0 Å². The van der Waals surface area contributed by atoms with E-state index in [4.69, 9.17) is 13.7 Å². The van der Waals surface area contributed by atoms with Gasteiger partial charge in [-0.05, 0) is 29.8 Å². The van der Waals surface area contributed by atoms with Crippen molar-refractivity contribution < 1.29 is 23.2 Å². The summed E-state index contributed by atoms with van der Waals surface area (Å²) in [5.74, 6) is 0.471. The summed E-state index contributed by atoms with van der Waals surface area (Å²) in [7, 11) is -2.97. The largest absolute Gasteiger partial charge is 0.450 e. The topological polar surface area (TPSA) is 111 Å². The third-order valence-corrected chi connectivity index (χ3v) is 7.41. The van der Waals surface area contributed by atoms with Crippen molar-refractivity contribution in [1.29, 1.82) is 0 Å². The molecule has 2 aliphatic heterocycles. The van der Waals surface area contributed by atoms with Gasteiger partial charge in [0.25, 0.3) is 0 Å². The van der Waals surface area contributed by atoms with E-state index in [1.807, 2.05) is 9.34 Å². The first kappa shape index (κ1) is 18.3. The minimum Gasteiger partial charge on any atom is -0.450 e. The fraction of sp³-hybridized carbons (Fsp3) is 0.278. The number of fused-ring (bicyclic) bond motifs is 1. The first-order valence-electron chi connectivity index (χ1n) is 9.07. The first-order chi connectivity index (χ1) is 14.0. The quantitative estimate of drug-likeness (QED) is 0.234. The summed E-state index contributed by atoms with van der Waals surface area (Å²) in [5, 5.41) is 11.4. The van der Waals surface area contributed by atoms with Gasteiger partial charge in [-0.1, -0.05) is 0 Å². The SMILES string of the molecule is O=[N+]([O-])c1ccc(COP(=O)(N2CC2)N2CC2)cc1Oc1ccc2ocnc2c1. The lowest BCUT2D eigenvalue weighted by Crippen LogP contribution is -2.08. The Bertz CT molecular complexity index is 1120. The molecule has 0 radical (unpaired) electrons. The van der Waals surface area contributed by atoms with Crippen molar-refractivity contribution in [2.24, 2.45) is 0 Å². The lowest BCUT2D eigenvalue weighted by atomic mass is 10.2. The van der Waals surface area contributed by atoms with Crippen LogP contribution in [0.3, 0.4) is 0 Å². The molecule has 3 aromatic rings. The predicted molar refractivity (Wildman–Crippen MR) is 103 cm³/mol. The number of nitro benzene ring substituents is 1. The van der Waals surface area contributed by atoms with E-state index in [-0.39, 0.29) is 18.0 Å². The van der Waals surface area contributed by atoms with Crippen molar-refractivity contribution in [3.05, 3.63) is 58.5 Å². The Morgan fingerprint density at radius 1 is 1.14 bits per heavy atom. The van der Waals surface area contributed by atoms with Gasteiger partial charge in [0.1, 0.15) is 11.3 Å². The molecule has 5 rings (SSSR count). The molecule has 0 unspecified atom stereocenters. The molecule has 0 saturated carbocycles. The zero-order valence-corrected chi connectivity index (χ0v) is 16.2. The van der Waals surface area contributed by atoms with E-state index in [2.05, 4.69) is 4.98 Å². The number of hydrogen-bond acceptors (Lipinski definition) is 7. The van der Waals surface area contributed by atoms with Gasteiger partial charge < -0.3 is 13.7 Å². The number of oxazole rings is 1. The van der Waals surface area contributed by atoms with Crippen molar-refractivity contribution >= 4 is 24.5 Å². The van der Waals surface area contributed by atoms with Crippen LogP contribution in [0, 0.1) is 10.1 Å². The fourth-order valence-corrected chi connectivity index (χ4v) is 5.20. The highest BCUT2D eigenvalue weighted by molar-refractivity contribution is 7.54. The third kappa shape index (κ3) is 3.63. The molecule has 2 aliphatic rings. The molecule has 1 aromatic heterocycles. The molecule has 0 aliphatic carbocycles. The third-order valence-electron chi connectivity index (χ3n) is 4.71. The Labute approximate surface area is 165 Å². The normalized spacial score (nSPS) is 16.8. The summed E-state index contributed by atoms with van der Waals surface area (Å²) < 4.78 is 33.4. The molecule has 0 bridgehead atoms. The van der Waals surface area contributed by atoms with Crippen LogP contribution in [-0.2, 0) is 15.7 Å². The monoisotopic (exact) mass is 416 g/mol. The van der Waals surface area contributed by atoms with E-state index in [9.17, 15) is 14.7 Å². The van der Waals surface area contributed by atoms with Gasteiger partial charge in [0.15, 0.2) is 12.0 Å². The van der Waals surface area contributed by atoms with Crippen LogP contribution in [0.25, 0.3) is 11.1 Å². The number of nitrogens with zero attached hydrogens (tertiary/aromatic N) is 4. The van der Waals surface area contributed by atoms with Gasteiger partial charge in [0.05, 0.1) is 11.5 Å². The Morgan fingerprint density at radius 2 is 1.90 bits per heavy atom. The summed E-state index contributed by atoms with van der Waals surface area (Å²) in [5.41, 5.74) is 1.64. The minimum absolute atomic E-state index is 0.0704. The molecular weight excluding hydrogens is 399 g/mol. The van der Waals surface area contributed by atoms with Crippen molar-refractivity contribution in [1.82, 2.24) is 14.3 Å². The smallest absolute Gasteiger partial charge is 0.346 e. The summed E-state index contributed by atoms with van der Waals surface area (Å²) >= 11 is 0. The maximum Gasteiger partial charge on any atom is 0.346 e. The molecule has 0 N–H and O–H groups in total. The summed E-state index contributed by atoms with van der Waals surface area (Å²) in [6.45, 7) is 3.10. The van der Waals surface area contributed by atoms with Gasteiger partial charge in [-0.15, -0.1) is 0 Å². The molecule has 0 amide bonds. The van der Waals surface area contributed by atoms with E-state index in [0.29, 0.717) is 22.4 Å². The van der Waals surface area contributed by atoms with Crippen molar-refractivity contribution in [2.45, 2.75) is 6.61 Å². The number of benzene rings is 2. The Balaban J connectivity index is 1.39. The molecule has 0 spiro atoms. The van der Waals surface area contributed by atoms with Crippen LogP contribution in [0.15, 0.2) is 47.2 Å². The zero-order valence-electron chi connectivity index (χ0n) is 15.3. The highest BCUT2D eigenvalue weighted by Gasteiger charge is 2.49. The van der Waals surface area contributed by atoms with Gasteiger partial charge in [0.2, 0.25) is 5.75 Å². The maximum absolute atomic E-state index is 13.0. The van der Waals surface area contributed by atoms with Gasteiger partial charge >= 0.3 is 13.4 Å². The van der Waals surface area contributed by atoms with Crippen LogP contribution in [0.1, 0.15) is 5.56 Å². The fourth-order valence-electron chi connectivity index (χ4n) is 3.00. The molecule has 2 aromatic carbocycles. The lowest BCUT2D eigenvalue weighted by Gasteiger charge is -2.19. The van der Waals surface area contributed by atoms with Crippen LogP contribution < -0.4 is 4.74 Å². The van der Waals surface area contributed by atoms with Crippen LogP contribution in [-0.4, -0.2) is 45.4 Å². The maximum atomic E-state index is 13.0. The first-order valence-corrected chi connectivity index (χ1v) is 10.6. The molecule has 11 heteroatoms. The summed E-state index contributed by atoms with van der Waals surface area (Å²) in [4.78, 5) is 15.0. The number of hydrogen-bond donors (Lipinski definition) is 0. The zero-order chi connectivity index (χ0) is 20.0. The molecule has 150 valence electrons. The van der Waals surface area contributed by atoms with Gasteiger partial charge in [-0.2, -0.15) is 0 Å². The minimum atomic E-state index is -2.97. The van der Waals surface area contributed by atoms with Crippen LogP contribution in [0.4, 0.5) is 5.69 Å². The van der Waals surface area contributed by atoms with E-state index < -0.39 is 12.6 Å². The molecule has 3 heterocycles. The number of aromatic nitrogens is 1. The second-order valence-corrected chi connectivity index (χ2v) is 9.19. The van der Waals surface area contributed by atoms with Crippen LogP contribution in [0.5, 0.6) is 11.5 Å². The van der Waals surface area contributed by atoms with E-state index in [0.717, 1.165) is 26.2 Å². The number of rotatable bonds is 8. The lowest BCUT2D eigenvalue weighted by molar-refractivity contribution is -0.385. The van der Waals surface area contributed by atoms with Gasteiger partial charge in [-0.25, -0.2) is 14.3 Å². The van der Waals surface area contributed by atoms with Crippen molar-refractivity contribution in [3.8, 4) is 11.5 Å². The number of ether oxygens (including phenoxy) is 1. The Hall–Kier alpha value is -2.78. The average Bonchev–Trinajstić information content (AvgIpc) is 3.62. The van der Waals surface area contributed by atoms with Gasteiger partial charge in [0, 0.05) is 38.3 Å². The predicted octanol–water partition coefficient (Wildman–Crippen LogP) is 3.78. The molecule has 2 fully saturated rings. The second-order valence-electron chi connectivity index (χ2n) is 6.81. The Morgan fingerprint density at radius 3 is 2.59 bits per heavy atom. The van der Waals surface area contributed by atoms with Gasteiger partial charge in [-0.3, -0.25) is 14.7 Å². The van der Waals surface area contributed by atoms with Crippen LogP contribution >= 0.6 is 7.67 Å². The highest BCUT2D eigenvalue weighted by atomic mass is 31.2. The Kier molecular flexibility index (Phi) is 4.36. The highest BCUT2D eigenvalue weighted by Crippen LogP contribution is 2.61. The standard InChI is InChI=1S/C18H17N4O6P/c23-22(24)16-3-1-13(11-27-29(25,20-5-6-20)21-7-8-21)9-18(16)28-14-2-4-17-15(10-14)19-12-26-17/h1-4,9-10,12H,5-8,11H2.